The smallest absolute Gasteiger partial charge is 0.225 e. The van der Waals surface area contributed by atoms with Gasteiger partial charge in [-0.2, -0.15) is 0 Å². The predicted molar refractivity (Wildman–Crippen MR) is 66.5 cm³/mol. The third-order valence-electron chi connectivity index (χ3n) is 3.83. The van der Waals surface area contributed by atoms with Crippen LogP contribution < -0.4 is 15.8 Å². The van der Waals surface area contributed by atoms with E-state index in [1.54, 1.807) is 0 Å². The Labute approximate surface area is 102 Å². The molecule has 0 radical (unpaired) electrons. The van der Waals surface area contributed by atoms with Gasteiger partial charge in [-0.05, 0) is 24.8 Å². The Bertz CT molecular complexity index is 368. The van der Waals surface area contributed by atoms with Gasteiger partial charge in [0.2, 0.25) is 5.95 Å². The van der Waals surface area contributed by atoms with E-state index in [1.165, 1.54) is 12.8 Å². The van der Waals surface area contributed by atoms with Gasteiger partial charge in [0.15, 0.2) is 0 Å². The third-order valence-corrected chi connectivity index (χ3v) is 3.83. The van der Waals surface area contributed by atoms with Crippen molar-refractivity contribution in [2.75, 3.05) is 18.0 Å². The summed E-state index contributed by atoms with van der Waals surface area (Å²) >= 11 is 0. The summed E-state index contributed by atoms with van der Waals surface area (Å²) < 4.78 is 0. The Morgan fingerprint density at radius 1 is 1.35 bits per heavy atom. The van der Waals surface area contributed by atoms with Crippen molar-refractivity contribution in [1.29, 1.82) is 0 Å². The second-order valence-corrected chi connectivity index (χ2v) is 4.98. The normalized spacial score (nSPS) is 33.2. The minimum absolute atomic E-state index is 0.501. The number of hydrogen-bond acceptors (Lipinski definition) is 5. The van der Waals surface area contributed by atoms with E-state index in [1.807, 2.05) is 18.5 Å². The van der Waals surface area contributed by atoms with Crippen molar-refractivity contribution in [3.8, 4) is 0 Å². The van der Waals surface area contributed by atoms with E-state index in [4.69, 9.17) is 0 Å². The van der Waals surface area contributed by atoms with Crippen LogP contribution in [0.15, 0.2) is 18.5 Å². The molecule has 5 nitrogen and oxygen atoms in total. The molecule has 17 heavy (non-hydrogen) atoms. The van der Waals surface area contributed by atoms with E-state index in [0.717, 1.165) is 19.0 Å². The number of anilines is 1. The Morgan fingerprint density at radius 3 is 2.88 bits per heavy atom. The molecule has 2 fully saturated rings. The van der Waals surface area contributed by atoms with Crippen LogP contribution >= 0.6 is 0 Å². The molecule has 0 amide bonds. The largest absolute Gasteiger partial charge is 0.336 e. The fourth-order valence-electron chi connectivity index (χ4n) is 2.94. The lowest BCUT2D eigenvalue weighted by atomic mass is 9.95. The molecule has 3 atom stereocenters. The number of hydrogen-bond donors (Lipinski definition) is 2. The van der Waals surface area contributed by atoms with Gasteiger partial charge in [0.1, 0.15) is 0 Å². The second kappa shape index (κ2) is 4.58. The topological polar surface area (TPSA) is 53.1 Å². The maximum atomic E-state index is 4.37. The predicted octanol–water partition coefficient (Wildman–Crippen LogP) is 0.558. The molecule has 0 aliphatic carbocycles. The molecular formula is C12H19N5. The van der Waals surface area contributed by atoms with Crippen LogP contribution in [0.5, 0.6) is 0 Å². The fourth-order valence-corrected chi connectivity index (χ4v) is 2.94. The van der Waals surface area contributed by atoms with Crippen molar-refractivity contribution in [2.45, 2.75) is 31.8 Å². The number of aromatic nitrogens is 2. The van der Waals surface area contributed by atoms with Gasteiger partial charge in [0, 0.05) is 37.6 Å². The zero-order valence-electron chi connectivity index (χ0n) is 10.1. The van der Waals surface area contributed by atoms with Crippen LogP contribution in [-0.2, 0) is 0 Å². The molecule has 1 aromatic rings. The summed E-state index contributed by atoms with van der Waals surface area (Å²) in [4.78, 5) is 11.1. The van der Waals surface area contributed by atoms with Gasteiger partial charge in [-0.15, -0.1) is 0 Å². The summed E-state index contributed by atoms with van der Waals surface area (Å²) in [5.41, 5.74) is 6.65. The first-order valence-electron chi connectivity index (χ1n) is 6.38. The maximum absolute atomic E-state index is 4.37. The Balaban J connectivity index is 1.80. The highest BCUT2D eigenvalue weighted by atomic mass is 15.4. The average Bonchev–Trinajstić information content (AvgIpc) is 2.98. The molecule has 0 bridgehead atoms. The lowest BCUT2D eigenvalue weighted by Gasteiger charge is -2.31. The molecule has 3 unspecified atom stereocenters. The zero-order chi connectivity index (χ0) is 11.7. The maximum Gasteiger partial charge on any atom is 0.225 e. The summed E-state index contributed by atoms with van der Waals surface area (Å²) in [5.74, 6) is 1.53. The molecule has 0 spiro atoms. The molecule has 2 N–H and O–H groups in total. The van der Waals surface area contributed by atoms with Crippen LogP contribution in [0.1, 0.15) is 19.8 Å². The molecule has 3 rings (SSSR count). The lowest BCUT2D eigenvalue weighted by Crippen LogP contribution is -2.48. The van der Waals surface area contributed by atoms with Gasteiger partial charge in [0.25, 0.3) is 0 Å². The van der Waals surface area contributed by atoms with Gasteiger partial charge in [-0.1, -0.05) is 6.92 Å². The van der Waals surface area contributed by atoms with Crippen molar-refractivity contribution < 1.29 is 0 Å². The van der Waals surface area contributed by atoms with E-state index in [9.17, 15) is 0 Å². The molecule has 1 aromatic heterocycles. The van der Waals surface area contributed by atoms with Gasteiger partial charge < -0.3 is 4.90 Å². The van der Waals surface area contributed by atoms with Gasteiger partial charge in [-0.3, -0.25) is 10.9 Å². The minimum Gasteiger partial charge on any atom is -0.336 e. The highest BCUT2D eigenvalue weighted by Crippen LogP contribution is 2.27. The Hall–Kier alpha value is -1.20. The standard InChI is InChI=1S/C12H19N5/c1-9-8-15-16-11(9)10-4-2-7-17(10)12-13-5-3-6-14-12/h3,5-6,9-11,15-16H,2,4,7-8H2,1H3. The molecule has 0 aromatic carbocycles. The van der Waals surface area contributed by atoms with Crippen LogP contribution in [0.3, 0.4) is 0 Å². The van der Waals surface area contributed by atoms with Crippen LogP contribution in [0.4, 0.5) is 5.95 Å². The molecule has 92 valence electrons. The summed E-state index contributed by atoms with van der Waals surface area (Å²) in [6, 6.07) is 2.88. The van der Waals surface area contributed by atoms with Gasteiger partial charge in [-0.25, -0.2) is 9.97 Å². The average molecular weight is 233 g/mol. The molecule has 2 aliphatic rings. The van der Waals surface area contributed by atoms with E-state index in [-0.39, 0.29) is 0 Å². The summed E-state index contributed by atoms with van der Waals surface area (Å²) in [5, 5.41) is 0. The first kappa shape index (κ1) is 10.9. The third kappa shape index (κ3) is 2.00. The minimum atomic E-state index is 0.501. The van der Waals surface area contributed by atoms with E-state index < -0.39 is 0 Å². The zero-order valence-corrected chi connectivity index (χ0v) is 10.1. The van der Waals surface area contributed by atoms with Gasteiger partial charge >= 0.3 is 0 Å². The van der Waals surface area contributed by atoms with Crippen molar-refractivity contribution >= 4 is 5.95 Å². The van der Waals surface area contributed by atoms with Crippen LogP contribution in [0.2, 0.25) is 0 Å². The van der Waals surface area contributed by atoms with Crippen molar-refractivity contribution in [3.63, 3.8) is 0 Å². The Morgan fingerprint density at radius 2 is 2.18 bits per heavy atom. The first-order chi connectivity index (χ1) is 8.36. The SMILES string of the molecule is CC1CNNC1C1CCCN1c1ncccn1. The van der Waals surface area contributed by atoms with E-state index in [0.29, 0.717) is 18.0 Å². The molecule has 3 heterocycles. The van der Waals surface area contributed by atoms with Gasteiger partial charge in [0.05, 0.1) is 0 Å². The highest BCUT2D eigenvalue weighted by molar-refractivity contribution is 5.33. The number of nitrogens with zero attached hydrogens (tertiary/aromatic N) is 3. The molecule has 0 saturated carbocycles. The highest BCUT2D eigenvalue weighted by Gasteiger charge is 2.38. The molecule has 2 aliphatic heterocycles. The van der Waals surface area contributed by atoms with Crippen molar-refractivity contribution in [2.24, 2.45) is 5.92 Å². The van der Waals surface area contributed by atoms with E-state index in [2.05, 4.69) is 32.6 Å². The first-order valence-corrected chi connectivity index (χ1v) is 6.38. The molecular weight excluding hydrogens is 214 g/mol. The van der Waals surface area contributed by atoms with Crippen LogP contribution in [0.25, 0.3) is 0 Å². The van der Waals surface area contributed by atoms with Crippen LogP contribution in [-0.4, -0.2) is 35.1 Å². The summed E-state index contributed by atoms with van der Waals surface area (Å²) in [7, 11) is 0. The summed E-state index contributed by atoms with van der Waals surface area (Å²) in [6.45, 7) is 4.41. The Kier molecular flexibility index (Phi) is 2.94. The lowest BCUT2D eigenvalue weighted by molar-refractivity contribution is 0.400. The number of nitrogens with one attached hydrogen (secondary N) is 2. The summed E-state index contributed by atoms with van der Waals surface area (Å²) in [6.07, 6.45) is 6.10. The molecule has 2 saturated heterocycles. The molecule has 5 heteroatoms. The number of hydrazine groups is 1. The quantitative estimate of drug-likeness (QED) is 0.781. The van der Waals surface area contributed by atoms with Crippen LogP contribution in [0, 0.1) is 5.92 Å². The van der Waals surface area contributed by atoms with Crippen molar-refractivity contribution in [1.82, 2.24) is 20.8 Å². The monoisotopic (exact) mass is 233 g/mol. The second-order valence-electron chi connectivity index (χ2n) is 4.98. The van der Waals surface area contributed by atoms with Crippen molar-refractivity contribution in [3.05, 3.63) is 18.5 Å². The fraction of sp³-hybridized carbons (Fsp3) is 0.667. The number of rotatable bonds is 2. The van der Waals surface area contributed by atoms with E-state index >= 15 is 0 Å².